The minimum atomic E-state index is -0.905. The predicted molar refractivity (Wildman–Crippen MR) is 93.9 cm³/mol. The van der Waals surface area contributed by atoms with E-state index >= 15 is 0 Å². The summed E-state index contributed by atoms with van der Waals surface area (Å²) in [5.74, 6) is -0.965. The molecule has 1 aliphatic rings. The van der Waals surface area contributed by atoms with Gasteiger partial charge in [-0.15, -0.1) is 0 Å². The fourth-order valence-electron chi connectivity index (χ4n) is 2.48. The summed E-state index contributed by atoms with van der Waals surface area (Å²) in [4.78, 5) is 28.7. The van der Waals surface area contributed by atoms with Crippen LogP contribution in [0.2, 0.25) is 5.02 Å². The molecule has 11 heteroatoms. The summed E-state index contributed by atoms with van der Waals surface area (Å²) in [6.07, 6.45) is -0.110. The Morgan fingerprint density at radius 3 is 3.04 bits per heavy atom. The highest BCUT2D eigenvalue weighted by Crippen LogP contribution is 2.25. The molecule has 0 aliphatic carbocycles. The molecule has 2 heterocycles. The van der Waals surface area contributed by atoms with Crippen molar-refractivity contribution in [3.05, 3.63) is 34.9 Å². The molecule has 1 atom stereocenters. The molecule has 1 aliphatic heterocycles. The molecule has 0 fully saturated rings. The van der Waals surface area contributed by atoms with Crippen molar-refractivity contribution in [2.75, 3.05) is 31.0 Å². The lowest BCUT2D eigenvalue weighted by Crippen LogP contribution is -2.36. The van der Waals surface area contributed by atoms with Crippen LogP contribution in [-0.4, -0.2) is 46.9 Å². The molecule has 0 unspecified atom stereocenters. The van der Waals surface area contributed by atoms with Crippen LogP contribution >= 0.6 is 11.6 Å². The van der Waals surface area contributed by atoms with Crippen molar-refractivity contribution in [2.45, 2.75) is 19.1 Å². The van der Waals surface area contributed by atoms with Gasteiger partial charge in [0, 0.05) is 12.8 Å². The lowest BCUT2D eigenvalue weighted by molar-refractivity contribution is -0.125. The fraction of sp³-hybridized carbons (Fsp3) is 0.375. The number of benzene rings is 1. The Hall–Kier alpha value is -2.56. The Morgan fingerprint density at radius 1 is 1.48 bits per heavy atom. The molecule has 1 aromatic carbocycles. The summed E-state index contributed by atoms with van der Waals surface area (Å²) in [6, 6.07) is 2.90. The lowest BCUT2D eigenvalue weighted by atomic mass is 10.1. The first-order chi connectivity index (χ1) is 13.0. The molecule has 0 bridgehead atoms. The topological polar surface area (TPSA) is 107 Å². The number of halogens is 2. The number of aromatic nitrogens is 3. The van der Waals surface area contributed by atoms with Crippen molar-refractivity contribution >= 4 is 35.1 Å². The average molecular weight is 398 g/mol. The SMILES string of the molecule is COCCOCc1nc2n(n1)[C@H](C(=O)Nc1ccc(F)c(Cl)c1)CC(=O)N2. The summed E-state index contributed by atoms with van der Waals surface area (Å²) >= 11 is 5.72. The van der Waals surface area contributed by atoms with E-state index in [1.54, 1.807) is 7.11 Å². The van der Waals surface area contributed by atoms with Crippen molar-refractivity contribution < 1.29 is 23.5 Å². The van der Waals surface area contributed by atoms with Gasteiger partial charge in [-0.2, -0.15) is 10.1 Å². The van der Waals surface area contributed by atoms with Gasteiger partial charge in [0.15, 0.2) is 5.82 Å². The van der Waals surface area contributed by atoms with Crippen LogP contribution in [-0.2, 0) is 25.7 Å². The van der Waals surface area contributed by atoms with Crippen molar-refractivity contribution in [1.29, 1.82) is 0 Å². The zero-order chi connectivity index (χ0) is 19.4. The molecule has 1 aromatic heterocycles. The Morgan fingerprint density at radius 2 is 2.30 bits per heavy atom. The Labute approximate surface area is 158 Å². The van der Waals surface area contributed by atoms with Crippen LogP contribution in [0.25, 0.3) is 0 Å². The molecule has 2 aromatic rings. The molecular formula is C16H17ClFN5O4. The van der Waals surface area contributed by atoms with Gasteiger partial charge in [0.25, 0.3) is 0 Å². The highest BCUT2D eigenvalue weighted by atomic mass is 35.5. The first-order valence-corrected chi connectivity index (χ1v) is 8.43. The smallest absolute Gasteiger partial charge is 0.249 e. The van der Waals surface area contributed by atoms with E-state index in [1.165, 1.54) is 16.8 Å². The van der Waals surface area contributed by atoms with E-state index in [9.17, 15) is 14.0 Å². The second kappa shape index (κ2) is 8.42. The number of nitrogens with zero attached hydrogens (tertiary/aromatic N) is 3. The number of nitrogens with one attached hydrogen (secondary N) is 2. The van der Waals surface area contributed by atoms with Crippen LogP contribution in [0.4, 0.5) is 16.0 Å². The third-order valence-corrected chi connectivity index (χ3v) is 4.04. The number of fused-ring (bicyclic) bond motifs is 1. The molecule has 144 valence electrons. The van der Waals surface area contributed by atoms with Crippen LogP contribution in [0.3, 0.4) is 0 Å². The van der Waals surface area contributed by atoms with Crippen LogP contribution in [0.5, 0.6) is 0 Å². The molecular weight excluding hydrogens is 381 g/mol. The summed E-state index contributed by atoms with van der Waals surface area (Å²) in [5, 5.41) is 9.29. The normalized spacial score (nSPS) is 16.0. The zero-order valence-electron chi connectivity index (χ0n) is 14.4. The first kappa shape index (κ1) is 19.2. The van der Waals surface area contributed by atoms with E-state index in [0.29, 0.717) is 24.7 Å². The minimum Gasteiger partial charge on any atom is -0.382 e. The number of carbonyl (C=O) groups is 2. The number of hydrogen-bond donors (Lipinski definition) is 2. The van der Waals surface area contributed by atoms with Crippen LogP contribution in [0.1, 0.15) is 18.3 Å². The number of amides is 2. The monoisotopic (exact) mass is 397 g/mol. The number of anilines is 2. The third-order valence-electron chi connectivity index (χ3n) is 3.75. The van der Waals surface area contributed by atoms with E-state index in [-0.39, 0.29) is 29.9 Å². The molecule has 2 amide bonds. The van der Waals surface area contributed by atoms with Gasteiger partial charge in [-0.3, -0.25) is 14.9 Å². The van der Waals surface area contributed by atoms with Crippen molar-refractivity contribution in [2.24, 2.45) is 0 Å². The van der Waals surface area contributed by atoms with Gasteiger partial charge in [0.2, 0.25) is 17.8 Å². The Bertz CT molecular complexity index is 859. The van der Waals surface area contributed by atoms with Gasteiger partial charge in [-0.1, -0.05) is 11.6 Å². The molecule has 9 nitrogen and oxygen atoms in total. The molecule has 2 N–H and O–H groups in total. The van der Waals surface area contributed by atoms with Crippen molar-refractivity contribution in [1.82, 2.24) is 14.8 Å². The van der Waals surface area contributed by atoms with Crippen LogP contribution < -0.4 is 10.6 Å². The molecule has 0 spiro atoms. The molecule has 0 radical (unpaired) electrons. The largest absolute Gasteiger partial charge is 0.382 e. The molecule has 0 saturated heterocycles. The molecule has 3 rings (SSSR count). The van der Waals surface area contributed by atoms with Crippen LogP contribution in [0.15, 0.2) is 18.2 Å². The quantitative estimate of drug-likeness (QED) is 0.689. The standard InChI is InChI=1S/C16H17ClFN5O4/c1-26-4-5-27-8-13-20-16-21-14(24)7-12(23(16)22-13)15(25)19-9-2-3-11(18)10(17)6-9/h2-3,6,12H,4-5,7-8H2,1H3,(H,19,25)(H,20,21,22,24)/t12-/m0/s1. The van der Waals surface area contributed by atoms with Gasteiger partial charge in [0.1, 0.15) is 18.5 Å². The number of hydrogen-bond acceptors (Lipinski definition) is 6. The summed E-state index contributed by atoms with van der Waals surface area (Å²) in [7, 11) is 1.56. The van der Waals surface area contributed by atoms with E-state index < -0.39 is 17.8 Å². The van der Waals surface area contributed by atoms with E-state index in [2.05, 4.69) is 20.7 Å². The van der Waals surface area contributed by atoms with Crippen LogP contribution in [0, 0.1) is 5.82 Å². The number of carbonyl (C=O) groups excluding carboxylic acids is 2. The third kappa shape index (κ3) is 4.59. The average Bonchev–Trinajstić information content (AvgIpc) is 3.03. The predicted octanol–water partition coefficient (Wildman–Crippen LogP) is 1.76. The van der Waals surface area contributed by atoms with E-state index in [1.807, 2.05) is 0 Å². The number of methoxy groups -OCH3 is 1. The minimum absolute atomic E-state index is 0.110. The lowest BCUT2D eigenvalue weighted by Gasteiger charge is -2.22. The number of rotatable bonds is 7. The first-order valence-electron chi connectivity index (χ1n) is 8.06. The maximum absolute atomic E-state index is 13.3. The summed E-state index contributed by atoms with van der Waals surface area (Å²) in [5.41, 5.74) is 0.308. The maximum atomic E-state index is 13.3. The van der Waals surface area contributed by atoms with E-state index in [0.717, 1.165) is 6.07 Å². The van der Waals surface area contributed by atoms with Crippen molar-refractivity contribution in [3.63, 3.8) is 0 Å². The van der Waals surface area contributed by atoms with Gasteiger partial charge >= 0.3 is 0 Å². The van der Waals surface area contributed by atoms with Gasteiger partial charge in [-0.25, -0.2) is 9.07 Å². The Kier molecular flexibility index (Phi) is 5.99. The molecule has 27 heavy (non-hydrogen) atoms. The highest BCUT2D eigenvalue weighted by Gasteiger charge is 2.33. The van der Waals surface area contributed by atoms with Gasteiger partial charge < -0.3 is 14.8 Å². The second-order valence-electron chi connectivity index (χ2n) is 5.73. The summed E-state index contributed by atoms with van der Waals surface area (Å²) < 4.78 is 24.8. The highest BCUT2D eigenvalue weighted by molar-refractivity contribution is 6.31. The Balaban J connectivity index is 1.74. The van der Waals surface area contributed by atoms with Gasteiger partial charge in [-0.05, 0) is 18.2 Å². The second-order valence-corrected chi connectivity index (χ2v) is 6.14. The fourth-order valence-corrected chi connectivity index (χ4v) is 2.66. The van der Waals surface area contributed by atoms with Gasteiger partial charge in [0.05, 0.1) is 24.7 Å². The van der Waals surface area contributed by atoms with Crippen molar-refractivity contribution in [3.8, 4) is 0 Å². The maximum Gasteiger partial charge on any atom is 0.249 e. The summed E-state index contributed by atoms with van der Waals surface area (Å²) in [6.45, 7) is 0.901. The zero-order valence-corrected chi connectivity index (χ0v) is 15.1. The molecule has 0 saturated carbocycles. The van der Waals surface area contributed by atoms with E-state index in [4.69, 9.17) is 21.1 Å². The number of ether oxygens (including phenoxy) is 2.